The molecule has 456 valence electrons. The number of carbonyl (C=O) groups excluding carboxylic acids is 3. The number of allylic oxidation sites excluding steroid dienone is 2. The van der Waals surface area contributed by atoms with Gasteiger partial charge >= 0.3 is 17.9 Å². The molecule has 0 rings (SSSR count). The minimum absolute atomic E-state index is 0.0655. The van der Waals surface area contributed by atoms with Gasteiger partial charge in [-0.3, -0.25) is 14.4 Å². The lowest BCUT2D eigenvalue weighted by molar-refractivity contribution is -0.167. The summed E-state index contributed by atoms with van der Waals surface area (Å²) in [6.45, 7) is 6.70. The summed E-state index contributed by atoms with van der Waals surface area (Å²) >= 11 is 0. The van der Waals surface area contributed by atoms with E-state index in [1.54, 1.807) is 0 Å². The van der Waals surface area contributed by atoms with Crippen molar-refractivity contribution in [3.8, 4) is 0 Å². The molecule has 0 fully saturated rings. The quantitative estimate of drug-likeness (QED) is 0.0261. The maximum atomic E-state index is 12.9. The highest BCUT2D eigenvalue weighted by Crippen LogP contribution is 2.19. The van der Waals surface area contributed by atoms with Crippen LogP contribution < -0.4 is 0 Å². The first-order chi connectivity index (χ1) is 38.0. The molecule has 0 aromatic carbocycles. The van der Waals surface area contributed by atoms with Gasteiger partial charge in [0.1, 0.15) is 13.2 Å². The van der Waals surface area contributed by atoms with Crippen molar-refractivity contribution in [2.75, 3.05) is 13.2 Å². The highest BCUT2D eigenvalue weighted by Gasteiger charge is 2.19. The number of unbranched alkanes of at least 4 members (excludes halogenated alkanes) is 53. The van der Waals surface area contributed by atoms with E-state index < -0.39 is 6.10 Å². The van der Waals surface area contributed by atoms with E-state index in [2.05, 4.69) is 32.9 Å². The standard InChI is InChI=1S/C71H136O6/c1-4-7-10-13-16-19-22-24-26-28-29-30-31-32-33-34-35-36-37-38-39-40-41-42-44-45-47-49-52-55-58-61-64-70(73)76-67-68(66-75-69(72)63-60-57-54-51-21-18-15-12-9-6-3)77-71(74)65-62-59-56-53-50-48-46-43-27-25-23-20-17-14-11-8-5-2/h25,27,68H,4-24,26,28-67H2,1-3H3/b27-25-. The van der Waals surface area contributed by atoms with E-state index in [0.29, 0.717) is 19.3 Å². The minimum Gasteiger partial charge on any atom is -0.462 e. The first kappa shape index (κ1) is 75.2. The second-order valence-electron chi connectivity index (χ2n) is 24.2. The molecule has 0 bridgehead atoms. The van der Waals surface area contributed by atoms with Gasteiger partial charge in [-0.15, -0.1) is 0 Å². The number of carbonyl (C=O) groups is 3. The maximum Gasteiger partial charge on any atom is 0.306 e. The van der Waals surface area contributed by atoms with Crippen molar-refractivity contribution in [1.29, 1.82) is 0 Å². The lowest BCUT2D eigenvalue weighted by atomic mass is 10.0. The van der Waals surface area contributed by atoms with E-state index in [1.807, 2.05) is 0 Å². The molecule has 0 aliphatic rings. The Morgan fingerprint density at radius 1 is 0.247 bits per heavy atom. The Kier molecular flexibility index (Phi) is 65.1. The average molecular weight is 1090 g/mol. The lowest BCUT2D eigenvalue weighted by Gasteiger charge is -2.18. The molecule has 0 aromatic rings. The number of esters is 3. The van der Waals surface area contributed by atoms with Crippen molar-refractivity contribution in [3.63, 3.8) is 0 Å². The second kappa shape index (κ2) is 66.7. The summed E-state index contributed by atoms with van der Waals surface area (Å²) in [5.41, 5.74) is 0. The summed E-state index contributed by atoms with van der Waals surface area (Å²) in [5, 5.41) is 0. The van der Waals surface area contributed by atoms with Crippen LogP contribution in [0, 0.1) is 0 Å². The van der Waals surface area contributed by atoms with Gasteiger partial charge in [0.2, 0.25) is 0 Å². The number of ether oxygens (including phenoxy) is 3. The molecule has 0 saturated carbocycles. The van der Waals surface area contributed by atoms with Crippen molar-refractivity contribution in [2.45, 2.75) is 412 Å². The summed E-state index contributed by atoms with van der Waals surface area (Å²) in [5.74, 6) is -0.842. The first-order valence-electron chi connectivity index (χ1n) is 35.2. The third-order valence-electron chi connectivity index (χ3n) is 16.3. The van der Waals surface area contributed by atoms with Crippen molar-refractivity contribution < 1.29 is 28.6 Å². The van der Waals surface area contributed by atoms with Crippen molar-refractivity contribution in [3.05, 3.63) is 12.2 Å². The Bertz CT molecular complexity index is 1200. The third-order valence-corrected chi connectivity index (χ3v) is 16.3. The Hall–Kier alpha value is -1.85. The van der Waals surface area contributed by atoms with Gasteiger partial charge < -0.3 is 14.2 Å². The van der Waals surface area contributed by atoms with Gasteiger partial charge in [0.25, 0.3) is 0 Å². The summed E-state index contributed by atoms with van der Waals surface area (Å²) in [6, 6.07) is 0. The molecular weight excluding hydrogens is 949 g/mol. The topological polar surface area (TPSA) is 78.9 Å². The van der Waals surface area contributed by atoms with Crippen molar-refractivity contribution in [2.24, 2.45) is 0 Å². The highest BCUT2D eigenvalue weighted by atomic mass is 16.6. The zero-order valence-electron chi connectivity index (χ0n) is 52.5. The fourth-order valence-corrected chi connectivity index (χ4v) is 11.0. The van der Waals surface area contributed by atoms with Gasteiger partial charge in [0.15, 0.2) is 6.10 Å². The Balaban J connectivity index is 4.03. The summed E-state index contributed by atoms with van der Waals surface area (Å²) in [6.07, 6.45) is 79.8. The molecule has 1 unspecified atom stereocenters. The van der Waals surface area contributed by atoms with Crippen LogP contribution in [-0.4, -0.2) is 37.2 Å². The molecule has 6 nitrogen and oxygen atoms in total. The van der Waals surface area contributed by atoms with Crippen LogP contribution in [0.1, 0.15) is 406 Å². The summed E-state index contributed by atoms with van der Waals surface area (Å²) < 4.78 is 16.9. The van der Waals surface area contributed by atoms with Gasteiger partial charge in [0, 0.05) is 19.3 Å². The van der Waals surface area contributed by atoms with Crippen LogP contribution in [0.5, 0.6) is 0 Å². The normalized spacial score (nSPS) is 12.0. The van der Waals surface area contributed by atoms with Crippen molar-refractivity contribution in [1.82, 2.24) is 0 Å². The predicted molar refractivity (Wildman–Crippen MR) is 335 cm³/mol. The van der Waals surface area contributed by atoms with E-state index in [4.69, 9.17) is 14.2 Å². The number of hydrogen-bond donors (Lipinski definition) is 0. The molecule has 77 heavy (non-hydrogen) atoms. The number of rotatable bonds is 66. The Morgan fingerprint density at radius 2 is 0.429 bits per heavy atom. The summed E-state index contributed by atoms with van der Waals surface area (Å²) in [4.78, 5) is 38.2. The van der Waals surface area contributed by atoms with Crippen LogP contribution >= 0.6 is 0 Å². The molecule has 1 atom stereocenters. The average Bonchev–Trinajstić information content (AvgIpc) is 3.43. The van der Waals surface area contributed by atoms with Crippen LogP contribution in [0.3, 0.4) is 0 Å². The SMILES string of the molecule is CCCCCCCC/C=C\CCCCCCCCCC(=O)OC(COC(=O)CCCCCCCCCCCC)COC(=O)CCCCCCCCCCCCCCCCCCCCCCCCCCCCCCCCCC. The molecule has 0 aliphatic carbocycles. The zero-order valence-corrected chi connectivity index (χ0v) is 52.5. The smallest absolute Gasteiger partial charge is 0.306 e. The van der Waals surface area contributed by atoms with Gasteiger partial charge in [-0.25, -0.2) is 0 Å². The van der Waals surface area contributed by atoms with Crippen LogP contribution in [0.4, 0.5) is 0 Å². The molecule has 0 amide bonds. The van der Waals surface area contributed by atoms with Crippen molar-refractivity contribution >= 4 is 17.9 Å². The summed E-state index contributed by atoms with van der Waals surface area (Å²) in [7, 11) is 0. The fraction of sp³-hybridized carbons (Fsp3) is 0.930. The van der Waals surface area contributed by atoms with Gasteiger partial charge in [-0.05, 0) is 44.9 Å². The van der Waals surface area contributed by atoms with E-state index in [9.17, 15) is 14.4 Å². The molecule has 0 N–H and O–H groups in total. The second-order valence-corrected chi connectivity index (χ2v) is 24.2. The highest BCUT2D eigenvalue weighted by molar-refractivity contribution is 5.71. The predicted octanol–water partition coefficient (Wildman–Crippen LogP) is 24.0. The van der Waals surface area contributed by atoms with E-state index >= 15 is 0 Å². The maximum absolute atomic E-state index is 12.9. The third kappa shape index (κ3) is 64.9. The first-order valence-corrected chi connectivity index (χ1v) is 35.2. The molecular formula is C71H136O6. The molecule has 0 radical (unpaired) electrons. The largest absolute Gasteiger partial charge is 0.462 e. The molecule has 0 spiro atoms. The molecule has 0 aliphatic heterocycles. The molecule has 0 saturated heterocycles. The van der Waals surface area contributed by atoms with E-state index in [1.165, 1.54) is 308 Å². The fourth-order valence-electron chi connectivity index (χ4n) is 11.0. The molecule has 0 heterocycles. The molecule has 6 heteroatoms. The Labute approximate surface area is 481 Å². The van der Waals surface area contributed by atoms with Crippen LogP contribution in [0.2, 0.25) is 0 Å². The van der Waals surface area contributed by atoms with E-state index in [0.717, 1.165) is 57.8 Å². The van der Waals surface area contributed by atoms with Crippen LogP contribution in [0.15, 0.2) is 12.2 Å². The van der Waals surface area contributed by atoms with Crippen LogP contribution in [0.25, 0.3) is 0 Å². The van der Waals surface area contributed by atoms with Gasteiger partial charge in [-0.1, -0.05) is 354 Å². The van der Waals surface area contributed by atoms with Crippen LogP contribution in [-0.2, 0) is 28.6 Å². The minimum atomic E-state index is -0.767. The molecule has 0 aromatic heterocycles. The monoisotopic (exact) mass is 1090 g/mol. The number of hydrogen-bond acceptors (Lipinski definition) is 6. The van der Waals surface area contributed by atoms with Gasteiger partial charge in [-0.2, -0.15) is 0 Å². The van der Waals surface area contributed by atoms with Gasteiger partial charge in [0.05, 0.1) is 0 Å². The Morgan fingerprint density at radius 3 is 0.649 bits per heavy atom. The zero-order chi connectivity index (χ0) is 55.7. The van der Waals surface area contributed by atoms with E-state index in [-0.39, 0.29) is 31.1 Å². The lowest BCUT2D eigenvalue weighted by Crippen LogP contribution is -2.30.